The van der Waals surface area contributed by atoms with E-state index in [2.05, 4.69) is 38.4 Å². The number of aromatic nitrogens is 4. The number of tetrazole rings is 1. The molecule has 16 heteroatoms. The fourth-order valence-electron chi connectivity index (χ4n) is 8.49. The van der Waals surface area contributed by atoms with Gasteiger partial charge in [0.1, 0.15) is 18.6 Å². The predicted molar refractivity (Wildman–Crippen MR) is 162 cm³/mol. The summed E-state index contributed by atoms with van der Waals surface area (Å²) >= 11 is 1.45. The lowest BCUT2D eigenvalue weighted by molar-refractivity contribution is -0.158. The molecule has 4 saturated heterocycles. The van der Waals surface area contributed by atoms with Crippen molar-refractivity contribution in [1.29, 1.82) is 0 Å². The summed E-state index contributed by atoms with van der Waals surface area (Å²) < 4.78 is 1.28. The Kier molecular flexibility index (Phi) is 9.19. The number of nitrogens with zero attached hydrogens (tertiary/aromatic N) is 6. The second-order valence-electron chi connectivity index (χ2n) is 13.3. The third kappa shape index (κ3) is 5.97. The van der Waals surface area contributed by atoms with Crippen molar-refractivity contribution in [1.82, 2.24) is 46.0 Å². The van der Waals surface area contributed by atoms with Crippen LogP contribution >= 0.6 is 11.8 Å². The predicted octanol–water partition coefficient (Wildman–Crippen LogP) is -1.27. The maximum Gasteiger partial charge on any atom is 0.353 e. The number of carbonyl (C=O) groups is 4. The average molecular weight is 646 g/mol. The van der Waals surface area contributed by atoms with E-state index < -0.39 is 17.9 Å². The molecule has 3 amide bonds. The molecule has 246 valence electrons. The van der Waals surface area contributed by atoms with Gasteiger partial charge in [0.05, 0.1) is 18.0 Å². The molecule has 1 aromatic rings. The molecule has 5 aliphatic heterocycles. The van der Waals surface area contributed by atoms with Crippen LogP contribution in [0.15, 0.2) is 16.9 Å². The van der Waals surface area contributed by atoms with Crippen molar-refractivity contribution in [2.75, 3.05) is 39.3 Å². The number of carboxylic acids is 1. The molecule has 6 heterocycles. The van der Waals surface area contributed by atoms with Crippen molar-refractivity contribution in [3.63, 3.8) is 0 Å². The normalized spacial score (nSPS) is 35.4. The van der Waals surface area contributed by atoms with Crippen LogP contribution in [0.25, 0.3) is 0 Å². The van der Waals surface area contributed by atoms with E-state index in [9.17, 15) is 29.4 Å². The molecule has 0 aliphatic carbocycles. The first-order valence-electron chi connectivity index (χ1n) is 15.9. The second kappa shape index (κ2) is 13.0. The lowest BCUT2D eigenvalue weighted by atomic mass is 9.70. The van der Waals surface area contributed by atoms with Gasteiger partial charge < -0.3 is 36.0 Å². The van der Waals surface area contributed by atoms with E-state index in [4.69, 9.17) is 0 Å². The van der Waals surface area contributed by atoms with Crippen LogP contribution in [0.1, 0.15) is 33.6 Å². The molecule has 1 aromatic heterocycles. The minimum atomic E-state index is -1.15. The van der Waals surface area contributed by atoms with Gasteiger partial charge in [-0.05, 0) is 60.4 Å². The maximum absolute atomic E-state index is 13.7. The van der Waals surface area contributed by atoms with E-state index in [1.54, 1.807) is 6.92 Å². The van der Waals surface area contributed by atoms with Gasteiger partial charge in [0.15, 0.2) is 0 Å². The Balaban J connectivity index is 1.08. The van der Waals surface area contributed by atoms with Gasteiger partial charge in [-0.15, -0.1) is 16.9 Å². The number of piperidine rings is 1. The molecule has 10 atom stereocenters. The second-order valence-corrected chi connectivity index (χ2v) is 14.7. The van der Waals surface area contributed by atoms with Crippen LogP contribution in [0.3, 0.4) is 0 Å². The first-order chi connectivity index (χ1) is 21.6. The fraction of sp³-hybridized carbons (Fsp3) is 0.759. The highest BCUT2D eigenvalue weighted by atomic mass is 32.2. The Hall–Kier alpha value is -3.08. The number of aliphatic hydroxyl groups excluding tert-OH is 1. The Labute approximate surface area is 265 Å². The van der Waals surface area contributed by atoms with E-state index >= 15 is 0 Å². The van der Waals surface area contributed by atoms with Crippen LogP contribution in [0.4, 0.5) is 0 Å². The Morgan fingerprint density at radius 2 is 2.02 bits per heavy atom. The zero-order chi connectivity index (χ0) is 32.0. The molecule has 0 radical (unpaired) electrons. The van der Waals surface area contributed by atoms with Crippen LogP contribution in [0, 0.1) is 35.5 Å². The van der Waals surface area contributed by atoms with Crippen LogP contribution in [-0.2, 0) is 25.7 Å². The molecule has 0 spiro atoms. The molecular weight excluding hydrogens is 602 g/mol. The average Bonchev–Trinajstić information content (AvgIpc) is 3.69. The number of hydrogen-bond acceptors (Lipinski definition) is 11. The summed E-state index contributed by atoms with van der Waals surface area (Å²) in [6.07, 6.45) is 2.88. The van der Waals surface area contributed by atoms with Crippen LogP contribution in [0.2, 0.25) is 0 Å². The highest BCUT2D eigenvalue weighted by Crippen LogP contribution is 2.52. The Morgan fingerprint density at radius 1 is 1.22 bits per heavy atom. The molecule has 3 unspecified atom stereocenters. The molecular formula is C29H43N9O6S. The van der Waals surface area contributed by atoms with Gasteiger partial charge in [0, 0.05) is 54.9 Å². The van der Waals surface area contributed by atoms with E-state index in [0.717, 1.165) is 19.5 Å². The van der Waals surface area contributed by atoms with Crippen molar-refractivity contribution >= 4 is 35.5 Å². The number of hydrogen-bond donors (Lipinski definition) is 5. The third-order valence-corrected chi connectivity index (χ3v) is 12.0. The van der Waals surface area contributed by atoms with Gasteiger partial charge in [-0.2, -0.15) is 0 Å². The number of thioether (sulfide) groups is 1. The topological polar surface area (TPSA) is 195 Å². The smallest absolute Gasteiger partial charge is 0.353 e. The summed E-state index contributed by atoms with van der Waals surface area (Å²) in [6.45, 7) is 9.56. The van der Waals surface area contributed by atoms with Crippen molar-refractivity contribution in [3.05, 3.63) is 16.9 Å². The number of β-lactam (4-membered cyclic amide) rings is 1. The highest BCUT2D eigenvalue weighted by Gasteiger charge is 2.60. The summed E-state index contributed by atoms with van der Waals surface area (Å²) in [5, 5.41) is 40.5. The van der Waals surface area contributed by atoms with Crippen LogP contribution < -0.4 is 16.0 Å². The van der Waals surface area contributed by atoms with Crippen molar-refractivity contribution in [2.24, 2.45) is 35.5 Å². The number of aliphatic carboxylic acids is 1. The van der Waals surface area contributed by atoms with Crippen molar-refractivity contribution in [3.8, 4) is 0 Å². The van der Waals surface area contributed by atoms with Crippen molar-refractivity contribution in [2.45, 2.75) is 63.5 Å². The van der Waals surface area contributed by atoms with E-state index in [-0.39, 0.29) is 65.7 Å². The molecule has 6 rings (SSSR count). The van der Waals surface area contributed by atoms with Crippen LogP contribution in [0.5, 0.6) is 0 Å². The number of amides is 3. The minimum absolute atomic E-state index is 0.0112. The van der Waals surface area contributed by atoms with E-state index in [1.165, 1.54) is 27.7 Å². The number of aliphatic hydroxyl groups is 1. The first-order valence-corrected chi connectivity index (χ1v) is 16.8. The Bertz CT molecular complexity index is 1340. The third-order valence-electron chi connectivity index (χ3n) is 10.5. The number of nitrogens with one attached hydrogen (secondary N) is 3. The minimum Gasteiger partial charge on any atom is -0.477 e. The first kappa shape index (κ1) is 31.9. The summed E-state index contributed by atoms with van der Waals surface area (Å²) in [5.41, 5.74) is 0.0112. The van der Waals surface area contributed by atoms with E-state index in [0.29, 0.717) is 48.7 Å². The standard InChI is InChI=1S/C29H43N9O6S/c1-14-9-36(10-17-4-5-30-7-18(12-39)22(14)17)27(41)20-6-19(8-31-20)45-26-15(2)24-23(28(42)38(24)25(26)29(43)44)16(3)33-21(40)11-37-13-32-34-35-37/h13-20,22-24,30-31,39H,4-12H2,1-3H3,(H,33,40)(H,43,44)/t14-,15-,16-,17?,18?,19+,20+,22?,23-,24-/m1/s1. The van der Waals surface area contributed by atoms with Gasteiger partial charge in [0.2, 0.25) is 17.7 Å². The number of carboxylic acid groups (broad SMARTS) is 1. The summed E-state index contributed by atoms with van der Waals surface area (Å²) in [7, 11) is 0. The number of rotatable bonds is 9. The fourth-order valence-corrected chi connectivity index (χ4v) is 9.97. The number of fused-ring (bicyclic) bond motifs is 2. The van der Waals surface area contributed by atoms with Gasteiger partial charge in [-0.25, -0.2) is 9.48 Å². The van der Waals surface area contributed by atoms with Crippen LogP contribution in [-0.4, -0.2) is 127 Å². The molecule has 0 aromatic carbocycles. The highest BCUT2D eigenvalue weighted by molar-refractivity contribution is 8.03. The zero-order valence-corrected chi connectivity index (χ0v) is 26.7. The van der Waals surface area contributed by atoms with Crippen molar-refractivity contribution < 1.29 is 29.4 Å². The van der Waals surface area contributed by atoms with Gasteiger partial charge in [-0.3, -0.25) is 14.4 Å². The monoisotopic (exact) mass is 645 g/mol. The molecule has 15 nitrogen and oxygen atoms in total. The SMILES string of the molecule is C[C@@H]1CN(C(=O)[C@@H]2C[C@H](SC3=C(C(=O)O)N4C(=O)[C@H]([C@@H](C)NC(=O)Cn5cnnn5)[C@H]4[C@H]3C)CN2)CC2CCNCC(CO)C21. The van der Waals surface area contributed by atoms with Gasteiger partial charge in [0.25, 0.3) is 0 Å². The summed E-state index contributed by atoms with van der Waals surface area (Å²) in [5.74, 6) is -1.29. The Morgan fingerprint density at radius 3 is 2.73 bits per heavy atom. The largest absolute Gasteiger partial charge is 0.477 e. The molecule has 4 fully saturated rings. The maximum atomic E-state index is 13.7. The summed E-state index contributed by atoms with van der Waals surface area (Å²) in [6, 6.07) is -1.24. The molecule has 45 heavy (non-hydrogen) atoms. The molecule has 0 bridgehead atoms. The lowest BCUT2D eigenvalue weighted by Crippen LogP contribution is -2.66. The quantitative estimate of drug-likeness (QED) is 0.200. The molecule has 5 aliphatic rings. The lowest BCUT2D eigenvalue weighted by Gasteiger charge is -2.47. The molecule has 0 saturated carbocycles. The number of carbonyl (C=O) groups excluding carboxylic acids is 3. The van der Waals surface area contributed by atoms with Gasteiger partial charge >= 0.3 is 5.97 Å². The molecule has 5 N–H and O–H groups in total. The summed E-state index contributed by atoms with van der Waals surface area (Å²) in [4.78, 5) is 56.0. The van der Waals surface area contributed by atoms with Gasteiger partial charge in [-0.1, -0.05) is 13.8 Å². The van der Waals surface area contributed by atoms with E-state index in [1.807, 2.05) is 11.8 Å². The number of likely N-dealkylation sites (tertiary alicyclic amines) is 1. The zero-order valence-electron chi connectivity index (χ0n) is 25.8.